The lowest BCUT2D eigenvalue weighted by molar-refractivity contribution is 0.0948. The third-order valence-electron chi connectivity index (χ3n) is 4.68. The predicted octanol–water partition coefficient (Wildman–Crippen LogP) is 3.53. The van der Waals surface area contributed by atoms with Crippen molar-refractivity contribution in [2.24, 2.45) is 5.92 Å². The van der Waals surface area contributed by atoms with Gasteiger partial charge in [-0.2, -0.15) is 0 Å². The number of amides is 1. The van der Waals surface area contributed by atoms with Gasteiger partial charge in [0.2, 0.25) is 0 Å². The Kier molecular flexibility index (Phi) is 6.89. The van der Waals surface area contributed by atoms with Crippen LogP contribution in [0.1, 0.15) is 29.8 Å². The highest BCUT2D eigenvalue weighted by atomic mass is 19.1. The van der Waals surface area contributed by atoms with Gasteiger partial charge in [0, 0.05) is 32.2 Å². The molecule has 1 amide bonds. The Balaban J connectivity index is 1.94. The Labute approximate surface area is 175 Å². The lowest BCUT2D eigenvalue weighted by atomic mass is 10.1. The van der Waals surface area contributed by atoms with Crippen LogP contribution in [0.15, 0.2) is 30.3 Å². The van der Waals surface area contributed by atoms with Crippen LogP contribution in [-0.4, -0.2) is 44.5 Å². The van der Waals surface area contributed by atoms with E-state index in [9.17, 15) is 13.6 Å². The topological polar surface area (TPSA) is 56.8 Å². The number of hydrogen-bond acceptors (Lipinski definition) is 5. The van der Waals surface area contributed by atoms with Crippen molar-refractivity contribution < 1.29 is 18.3 Å². The van der Waals surface area contributed by atoms with E-state index in [1.165, 1.54) is 6.07 Å². The van der Waals surface area contributed by atoms with Crippen LogP contribution in [0.2, 0.25) is 0 Å². The van der Waals surface area contributed by atoms with Gasteiger partial charge in [-0.25, -0.2) is 14.2 Å². The zero-order chi connectivity index (χ0) is 21.8. The molecular weight excluding hydrogens is 390 g/mol. The SMILES string of the molecule is CC(C)CN1NCc2cc(Oc3ccc(F)cc3F)c(C(=O)NCCN(C)C)cc21. The first-order chi connectivity index (χ1) is 14.2. The predicted molar refractivity (Wildman–Crippen MR) is 113 cm³/mol. The minimum Gasteiger partial charge on any atom is -0.453 e. The fraction of sp³-hybridized carbons (Fsp3) is 0.409. The number of anilines is 1. The maximum Gasteiger partial charge on any atom is 0.255 e. The molecule has 3 rings (SSSR count). The fourth-order valence-electron chi connectivity index (χ4n) is 3.22. The number of fused-ring (bicyclic) bond motifs is 1. The van der Waals surface area contributed by atoms with E-state index in [4.69, 9.17) is 4.74 Å². The number of rotatable bonds is 8. The number of nitrogens with zero attached hydrogens (tertiary/aromatic N) is 2. The first-order valence-corrected chi connectivity index (χ1v) is 9.98. The van der Waals surface area contributed by atoms with Crippen molar-refractivity contribution in [2.75, 3.05) is 38.7 Å². The molecule has 2 aromatic carbocycles. The average Bonchev–Trinajstić information content (AvgIpc) is 3.04. The van der Waals surface area contributed by atoms with Gasteiger partial charge in [0.15, 0.2) is 11.6 Å². The number of hydrazine groups is 1. The van der Waals surface area contributed by atoms with Crippen LogP contribution in [0, 0.1) is 17.6 Å². The highest BCUT2D eigenvalue weighted by Crippen LogP contribution is 2.36. The molecular formula is C22H28F2N4O2. The molecule has 0 saturated heterocycles. The summed E-state index contributed by atoms with van der Waals surface area (Å²) < 4.78 is 33.1. The molecule has 0 radical (unpaired) electrons. The molecule has 2 aromatic rings. The molecule has 30 heavy (non-hydrogen) atoms. The summed E-state index contributed by atoms with van der Waals surface area (Å²) in [5.41, 5.74) is 5.44. The summed E-state index contributed by atoms with van der Waals surface area (Å²) in [6, 6.07) is 6.60. The van der Waals surface area contributed by atoms with Gasteiger partial charge in [-0.15, -0.1) is 0 Å². The smallest absolute Gasteiger partial charge is 0.255 e. The number of ether oxygens (including phenoxy) is 1. The maximum absolute atomic E-state index is 14.1. The van der Waals surface area contributed by atoms with Crippen molar-refractivity contribution in [3.8, 4) is 11.5 Å². The van der Waals surface area contributed by atoms with E-state index < -0.39 is 11.6 Å². The lowest BCUT2D eigenvalue weighted by Gasteiger charge is -2.22. The van der Waals surface area contributed by atoms with E-state index in [-0.39, 0.29) is 17.4 Å². The number of likely N-dealkylation sites (N-methyl/N-ethyl adjacent to an activating group) is 1. The molecule has 0 aromatic heterocycles. The fourth-order valence-corrected chi connectivity index (χ4v) is 3.22. The van der Waals surface area contributed by atoms with Crippen molar-refractivity contribution in [1.29, 1.82) is 0 Å². The molecule has 1 aliphatic rings. The third-order valence-corrected chi connectivity index (χ3v) is 4.68. The Morgan fingerprint density at radius 3 is 2.67 bits per heavy atom. The average molecular weight is 418 g/mol. The quantitative estimate of drug-likeness (QED) is 0.687. The summed E-state index contributed by atoms with van der Waals surface area (Å²) in [7, 11) is 3.84. The normalized spacial score (nSPS) is 13.1. The molecule has 162 valence electrons. The molecule has 0 spiro atoms. The monoisotopic (exact) mass is 418 g/mol. The van der Waals surface area contributed by atoms with Crippen molar-refractivity contribution in [3.63, 3.8) is 0 Å². The van der Waals surface area contributed by atoms with E-state index in [0.29, 0.717) is 31.1 Å². The van der Waals surface area contributed by atoms with Gasteiger partial charge >= 0.3 is 0 Å². The Morgan fingerprint density at radius 1 is 1.23 bits per heavy atom. The van der Waals surface area contributed by atoms with Gasteiger partial charge < -0.3 is 20.0 Å². The van der Waals surface area contributed by atoms with Gasteiger partial charge in [0.05, 0.1) is 11.3 Å². The Bertz CT molecular complexity index is 918. The molecule has 0 aliphatic carbocycles. The minimum atomic E-state index is -0.825. The molecule has 0 atom stereocenters. The van der Waals surface area contributed by atoms with Crippen molar-refractivity contribution in [3.05, 3.63) is 53.1 Å². The van der Waals surface area contributed by atoms with Crippen LogP contribution >= 0.6 is 0 Å². The molecule has 0 bridgehead atoms. The van der Waals surface area contributed by atoms with Gasteiger partial charge in [-0.3, -0.25) is 4.79 Å². The second-order valence-electron chi connectivity index (χ2n) is 8.05. The van der Waals surface area contributed by atoms with Crippen molar-refractivity contribution >= 4 is 11.6 Å². The van der Waals surface area contributed by atoms with Gasteiger partial charge in [0.25, 0.3) is 5.91 Å². The van der Waals surface area contributed by atoms with Gasteiger partial charge in [0.1, 0.15) is 11.6 Å². The van der Waals surface area contributed by atoms with E-state index in [0.717, 1.165) is 29.9 Å². The molecule has 0 fully saturated rings. The van der Waals surface area contributed by atoms with Crippen LogP contribution in [0.4, 0.5) is 14.5 Å². The molecule has 8 heteroatoms. The number of benzene rings is 2. The third kappa shape index (κ3) is 5.25. The first kappa shape index (κ1) is 22.0. The number of carbonyl (C=O) groups is 1. The van der Waals surface area contributed by atoms with Gasteiger partial charge in [-0.1, -0.05) is 13.8 Å². The largest absolute Gasteiger partial charge is 0.453 e. The van der Waals surface area contributed by atoms with Crippen LogP contribution in [-0.2, 0) is 6.54 Å². The minimum absolute atomic E-state index is 0.135. The van der Waals surface area contributed by atoms with E-state index >= 15 is 0 Å². The molecule has 1 heterocycles. The van der Waals surface area contributed by atoms with Gasteiger partial charge in [-0.05, 0) is 49.8 Å². The summed E-state index contributed by atoms with van der Waals surface area (Å²) in [6.07, 6.45) is 0. The summed E-state index contributed by atoms with van der Waals surface area (Å²) >= 11 is 0. The number of hydrogen-bond donors (Lipinski definition) is 2. The van der Waals surface area contributed by atoms with E-state index in [2.05, 4.69) is 24.6 Å². The van der Waals surface area contributed by atoms with E-state index in [1.807, 2.05) is 24.0 Å². The summed E-state index contributed by atoms with van der Waals surface area (Å²) in [6.45, 7) is 6.72. The molecule has 0 saturated carbocycles. The molecule has 2 N–H and O–H groups in total. The number of halogens is 2. The second-order valence-corrected chi connectivity index (χ2v) is 8.05. The first-order valence-electron chi connectivity index (χ1n) is 9.98. The Hall–Kier alpha value is -2.71. The maximum atomic E-state index is 14.1. The number of nitrogens with one attached hydrogen (secondary N) is 2. The highest BCUT2D eigenvalue weighted by Gasteiger charge is 2.25. The Morgan fingerprint density at radius 2 is 2.00 bits per heavy atom. The van der Waals surface area contributed by atoms with Crippen LogP contribution in [0.5, 0.6) is 11.5 Å². The highest BCUT2D eigenvalue weighted by molar-refractivity contribution is 5.98. The summed E-state index contributed by atoms with van der Waals surface area (Å²) in [4.78, 5) is 14.9. The zero-order valence-electron chi connectivity index (χ0n) is 17.8. The van der Waals surface area contributed by atoms with Crippen LogP contribution < -0.4 is 20.5 Å². The second kappa shape index (κ2) is 9.40. The van der Waals surface area contributed by atoms with Crippen molar-refractivity contribution in [1.82, 2.24) is 15.6 Å². The molecule has 0 unspecified atom stereocenters. The summed E-state index contributed by atoms with van der Waals surface area (Å²) in [5.74, 6) is -1.31. The lowest BCUT2D eigenvalue weighted by Crippen LogP contribution is -2.35. The van der Waals surface area contributed by atoms with Crippen LogP contribution in [0.25, 0.3) is 0 Å². The van der Waals surface area contributed by atoms with Crippen molar-refractivity contribution in [2.45, 2.75) is 20.4 Å². The zero-order valence-corrected chi connectivity index (χ0v) is 17.8. The number of carbonyl (C=O) groups excluding carboxylic acids is 1. The summed E-state index contributed by atoms with van der Waals surface area (Å²) in [5, 5.41) is 4.89. The standard InChI is InChI=1S/C22H28F2N4O2/c1-14(2)13-28-19-11-17(22(29)25-7-8-27(3)4)21(9-15(19)12-26-28)30-20-6-5-16(23)10-18(20)24/h5-6,9-11,14,26H,7-8,12-13H2,1-4H3,(H,25,29). The molecule has 6 nitrogen and oxygen atoms in total. The van der Waals surface area contributed by atoms with Crippen LogP contribution in [0.3, 0.4) is 0 Å². The van der Waals surface area contributed by atoms with E-state index in [1.54, 1.807) is 12.1 Å². The molecule has 1 aliphatic heterocycles.